The SMILES string of the molecule is CNC(=O)[C@H](C)OC(=O)c1cc(S(C)(=O)=O)ccc1Cl. The Balaban J connectivity index is 3.07. The number of carbonyl (C=O) groups is 2. The zero-order valence-corrected chi connectivity index (χ0v) is 12.7. The van der Waals surface area contributed by atoms with Crippen molar-refractivity contribution in [1.29, 1.82) is 0 Å². The van der Waals surface area contributed by atoms with Gasteiger partial charge in [0.15, 0.2) is 15.9 Å². The number of carbonyl (C=O) groups excluding carboxylic acids is 2. The fourth-order valence-corrected chi connectivity index (χ4v) is 2.21. The van der Waals surface area contributed by atoms with Gasteiger partial charge in [0.05, 0.1) is 15.5 Å². The van der Waals surface area contributed by atoms with Crippen LogP contribution in [0, 0.1) is 0 Å². The molecule has 0 unspecified atom stereocenters. The van der Waals surface area contributed by atoms with Gasteiger partial charge in [0.1, 0.15) is 0 Å². The van der Waals surface area contributed by atoms with Gasteiger partial charge < -0.3 is 10.1 Å². The normalized spacial score (nSPS) is 12.6. The maximum Gasteiger partial charge on any atom is 0.340 e. The van der Waals surface area contributed by atoms with Crippen molar-refractivity contribution in [3.8, 4) is 0 Å². The molecule has 0 radical (unpaired) electrons. The number of rotatable bonds is 4. The summed E-state index contributed by atoms with van der Waals surface area (Å²) in [5.41, 5.74) is -0.106. The number of ether oxygens (including phenoxy) is 1. The highest BCUT2D eigenvalue weighted by molar-refractivity contribution is 7.90. The van der Waals surface area contributed by atoms with Gasteiger partial charge in [-0.25, -0.2) is 13.2 Å². The topological polar surface area (TPSA) is 89.5 Å². The molecule has 0 saturated carbocycles. The van der Waals surface area contributed by atoms with Crippen molar-refractivity contribution in [3.63, 3.8) is 0 Å². The summed E-state index contributed by atoms with van der Waals surface area (Å²) in [5.74, 6) is -1.34. The van der Waals surface area contributed by atoms with E-state index in [0.29, 0.717) is 0 Å². The van der Waals surface area contributed by atoms with Crippen molar-refractivity contribution in [2.45, 2.75) is 17.9 Å². The molecule has 1 aromatic rings. The lowest BCUT2D eigenvalue weighted by molar-refractivity contribution is -0.128. The second-order valence-corrected chi connectivity index (χ2v) is 6.50. The molecule has 1 atom stereocenters. The summed E-state index contributed by atoms with van der Waals surface area (Å²) in [7, 11) is -2.06. The first-order valence-electron chi connectivity index (χ1n) is 5.59. The maximum atomic E-state index is 11.9. The van der Waals surface area contributed by atoms with E-state index in [1.807, 2.05) is 0 Å². The van der Waals surface area contributed by atoms with Crippen molar-refractivity contribution >= 4 is 33.3 Å². The van der Waals surface area contributed by atoms with Gasteiger partial charge in [0, 0.05) is 13.3 Å². The van der Waals surface area contributed by atoms with Crippen molar-refractivity contribution in [1.82, 2.24) is 5.32 Å². The van der Waals surface area contributed by atoms with Crippen LogP contribution in [0.4, 0.5) is 0 Å². The summed E-state index contributed by atoms with van der Waals surface area (Å²) in [5, 5.41) is 2.37. The average molecular weight is 320 g/mol. The molecule has 8 heteroatoms. The molecule has 20 heavy (non-hydrogen) atoms. The van der Waals surface area contributed by atoms with Gasteiger partial charge in [0.2, 0.25) is 0 Å². The van der Waals surface area contributed by atoms with Gasteiger partial charge in [-0.2, -0.15) is 0 Å². The summed E-state index contributed by atoms with van der Waals surface area (Å²) in [6.07, 6.45) is 0.00357. The molecule has 0 aromatic heterocycles. The smallest absolute Gasteiger partial charge is 0.340 e. The summed E-state index contributed by atoms with van der Waals surface area (Å²) in [6.45, 7) is 1.39. The molecule has 0 aliphatic rings. The van der Waals surface area contributed by atoms with Gasteiger partial charge in [-0.05, 0) is 25.1 Å². The Labute approximate surface area is 122 Å². The number of hydrogen-bond acceptors (Lipinski definition) is 5. The van der Waals surface area contributed by atoms with E-state index in [-0.39, 0.29) is 15.5 Å². The first kappa shape index (κ1) is 16.5. The highest BCUT2D eigenvalue weighted by Crippen LogP contribution is 2.21. The maximum absolute atomic E-state index is 11.9. The number of esters is 1. The Kier molecular flexibility index (Phi) is 5.13. The third-order valence-electron chi connectivity index (χ3n) is 2.49. The fourth-order valence-electron chi connectivity index (χ4n) is 1.37. The van der Waals surface area contributed by atoms with E-state index in [1.54, 1.807) is 0 Å². The van der Waals surface area contributed by atoms with E-state index < -0.39 is 27.8 Å². The lowest BCUT2D eigenvalue weighted by atomic mass is 10.2. The zero-order valence-electron chi connectivity index (χ0n) is 11.1. The minimum atomic E-state index is -3.47. The number of benzene rings is 1. The molecule has 110 valence electrons. The third kappa shape index (κ3) is 3.94. The Bertz CT molecular complexity index is 641. The molecular weight excluding hydrogens is 306 g/mol. The number of amides is 1. The van der Waals surface area contributed by atoms with Crippen LogP contribution in [0.2, 0.25) is 5.02 Å². The highest BCUT2D eigenvalue weighted by Gasteiger charge is 2.21. The predicted octanol–water partition coefficient (Wildman–Crippen LogP) is 1.03. The van der Waals surface area contributed by atoms with Crippen LogP contribution in [0.3, 0.4) is 0 Å². The van der Waals surface area contributed by atoms with E-state index in [1.165, 1.54) is 26.1 Å². The molecule has 1 aromatic carbocycles. The van der Waals surface area contributed by atoms with Crippen LogP contribution in [0.15, 0.2) is 23.1 Å². The Hall–Kier alpha value is -1.60. The predicted molar refractivity (Wildman–Crippen MR) is 73.5 cm³/mol. The molecule has 0 saturated heterocycles. The van der Waals surface area contributed by atoms with E-state index in [9.17, 15) is 18.0 Å². The first-order valence-corrected chi connectivity index (χ1v) is 7.86. The second-order valence-electron chi connectivity index (χ2n) is 4.08. The number of hydrogen-bond donors (Lipinski definition) is 1. The summed E-state index contributed by atoms with van der Waals surface area (Å²) >= 11 is 5.84. The quantitative estimate of drug-likeness (QED) is 0.837. The standard InChI is InChI=1S/C12H14ClNO5S/c1-7(11(15)14-2)19-12(16)9-6-8(20(3,17)18)4-5-10(9)13/h4-7H,1-3H3,(H,14,15)/t7-/m0/s1. The van der Waals surface area contributed by atoms with Crippen LogP contribution in [0.1, 0.15) is 17.3 Å². The molecule has 0 fully saturated rings. The average Bonchev–Trinajstić information content (AvgIpc) is 2.36. The van der Waals surface area contributed by atoms with Crippen molar-refractivity contribution < 1.29 is 22.7 Å². The number of halogens is 1. The highest BCUT2D eigenvalue weighted by atomic mass is 35.5. The Morgan fingerprint density at radius 1 is 1.35 bits per heavy atom. The van der Waals surface area contributed by atoms with Crippen molar-refractivity contribution in [3.05, 3.63) is 28.8 Å². The summed E-state index contributed by atoms with van der Waals surface area (Å²) < 4.78 is 27.8. The molecule has 0 aliphatic carbocycles. The van der Waals surface area contributed by atoms with Crippen LogP contribution in [-0.4, -0.2) is 39.7 Å². The molecule has 6 nitrogen and oxygen atoms in total. The van der Waals surface area contributed by atoms with Crippen molar-refractivity contribution in [2.24, 2.45) is 0 Å². The monoisotopic (exact) mass is 319 g/mol. The molecule has 0 bridgehead atoms. The third-order valence-corrected chi connectivity index (χ3v) is 3.93. The van der Waals surface area contributed by atoms with Gasteiger partial charge in [0.25, 0.3) is 5.91 Å². The Morgan fingerprint density at radius 3 is 2.45 bits per heavy atom. The van der Waals surface area contributed by atoms with Crippen LogP contribution >= 0.6 is 11.6 Å². The molecular formula is C12H14ClNO5S. The van der Waals surface area contributed by atoms with Gasteiger partial charge in [-0.3, -0.25) is 4.79 Å². The van der Waals surface area contributed by atoms with E-state index in [2.05, 4.69) is 5.32 Å². The molecule has 0 aliphatic heterocycles. The van der Waals surface area contributed by atoms with Crippen LogP contribution < -0.4 is 5.32 Å². The Morgan fingerprint density at radius 2 is 1.95 bits per heavy atom. The second kappa shape index (κ2) is 6.23. The van der Waals surface area contributed by atoms with Crippen LogP contribution in [0.5, 0.6) is 0 Å². The summed E-state index contributed by atoms with van der Waals surface area (Å²) in [4.78, 5) is 23.1. The number of nitrogens with one attached hydrogen (secondary N) is 1. The van der Waals surface area contributed by atoms with E-state index in [4.69, 9.17) is 16.3 Å². The zero-order chi connectivity index (χ0) is 15.5. The van der Waals surface area contributed by atoms with Gasteiger partial charge >= 0.3 is 5.97 Å². The van der Waals surface area contributed by atoms with E-state index in [0.717, 1.165) is 12.3 Å². The molecule has 1 N–H and O–H groups in total. The minimum absolute atomic E-state index is 0.0477. The first-order chi connectivity index (χ1) is 9.16. The molecule has 0 spiro atoms. The minimum Gasteiger partial charge on any atom is -0.449 e. The lowest BCUT2D eigenvalue weighted by Gasteiger charge is -2.12. The molecule has 0 heterocycles. The number of likely N-dealkylation sites (N-methyl/N-ethyl adjacent to an activating group) is 1. The number of sulfone groups is 1. The lowest BCUT2D eigenvalue weighted by Crippen LogP contribution is -2.33. The van der Waals surface area contributed by atoms with E-state index >= 15 is 0 Å². The largest absolute Gasteiger partial charge is 0.449 e. The molecule has 1 rings (SSSR count). The molecule has 1 amide bonds. The van der Waals surface area contributed by atoms with Crippen LogP contribution in [-0.2, 0) is 19.4 Å². The fraction of sp³-hybridized carbons (Fsp3) is 0.333. The summed E-state index contributed by atoms with van der Waals surface area (Å²) in [6, 6.07) is 3.70. The van der Waals surface area contributed by atoms with Crippen molar-refractivity contribution in [2.75, 3.05) is 13.3 Å². The van der Waals surface area contributed by atoms with Gasteiger partial charge in [-0.15, -0.1) is 0 Å². The van der Waals surface area contributed by atoms with Gasteiger partial charge in [-0.1, -0.05) is 11.6 Å². The van der Waals surface area contributed by atoms with Crippen LogP contribution in [0.25, 0.3) is 0 Å².